The molecule has 190 valence electrons. The van der Waals surface area contributed by atoms with Gasteiger partial charge in [0.25, 0.3) is 0 Å². The fraction of sp³-hybridized carbons (Fsp3) is 0.200. The maximum absolute atomic E-state index is 15.4. The van der Waals surface area contributed by atoms with Gasteiger partial charge in [-0.1, -0.05) is 36.7 Å². The Morgan fingerprint density at radius 1 is 0.583 bits per heavy atom. The third-order valence-electron chi connectivity index (χ3n) is 5.79. The molecular formula is C25H14Br2F8O. The Hall–Kier alpha value is -2.40. The molecule has 4 aromatic rings. The number of benzene rings is 4. The van der Waals surface area contributed by atoms with Crippen molar-refractivity contribution in [1.82, 2.24) is 0 Å². The smallest absolute Gasteiger partial charge is 0.198 e. The van der Waals surface area contributed by atoms with E-state index in [0.29, 0.717) is 0 Å². The highest BCUT2D eigenvalue weighted by Crippen LogP contribution is 2.52. The van der Waals surface area contributed by atoms with E-state index in [2.05, 4.69) is 31.9 Å². The second kappa shape index (κ2) is 8.86. The molecule has 0 aromatic heterocycles. The second-order valence-corrected chi connectivity index (χ2v) is 10.7. The first-order valence-electron chi connectivity index (χ1n) is 10.2. The van der Waals surface area contributed by atoms with E-state index < -0.39 is 84.6 Å². The van der Waals surface area contributed by atoms with Crippen LogP contribution in [0.1, 0.15) is 26.3 Å². The number of halogens is 10. The number of ether oxygens (including phenoxy) is 1. The lowest BCUT2D eigenvalue weighted by Gasteiger charge is -2.28. The summed E-state index contributed by atoms with van der Waals surface area (Å²) in [6, 6.07) is 1.94. The summed E-state index contributed by atoms with van der Waals surface area (Å²) in [6.07, 6.45) is 0. The fourth-order valence-electron chi connectivity index (χ4n) is 4.35. The van der Waals surface area contributed by atoms with Gasteiger partial charge in [-0.3, -0.25) is 0 Å². The first-order valence-corrected chi connectivity index (χ1v) is 11.7. The molecule has 0 saturated carbocycles. The Morgan fingerprint density at radius 2 is 0.972 bits per heavy atom. The third-order valence-corrected chi connectivity index (χ3v) is 7.00. The normalized spacial score (nSPS) is 12.2. The molecule has 0 fully saturated rings. The summed E-state index contributed by atoms with van der Waals surface area (Å²) in [6.45, 7) is 4.88. The summed E-state index contributed by atoms with van der Waals surface area (Å²) >= 11 is 6.33. The summed E-state index contributed by atoms with van der Waals surface area (Å²) in [4.78, 5) is 0. The van der Waals surface area contributed by atoms with E-state index in [9.17, 15) is 26.3 Å². The van der Waals surface area contributed by atoms with Crippen LogP contribution in [-0.2, 0) is 5.41 Å². The van der Waals surface area contributed by atoms with Crippen LogP contribution < -0.4 is 4.74 Å². The largest absolute Gasteiger partial charge is 0.495 e. The van der Waals surface area contributed by atoms with E-state index in [0.717, 1.165) is 19.2 Å². The van der Waals surface area contributed by atoms with Gasteiger partial charge in [-0.25, -0.2) is 35.1 Å². The summed E-state index contributed by atoms with van der Waals surface area (Å²) < 4.78 is 123. The average Bonchev–Trinajstić information content (AvgIpc) is 2.81. The molecule has 0 amide bonds. The van der Waals surface area contributed by atoms with Gasteiger partial charge < -0.3 is 4.74 Å². The van der Waals surface area contributed by atoms with E-state index in [1.165, 1.54) is 0 Å². The molecule has 1 nitrogen and oxygen atoms in total. The van der Waals surface area contributed by atoms with Crippen molar-refractivity contribution in [3.63, 3.8) is 0 Å². The number of methoxy groups -OCH3 is 1. The molecule has 0 atom stereocenters. The Bertz CT molecular complexity index is 1610. The van der Waals surface area contributed by atoms with Crippen molar-refractivity contribution in [2.24, 2.45) is 0 Å². The van der Waals surface area contributed by atoms with E-state index in [4.69, 9.17) is 4.74 Å². The van der Waals surface area contributed by atoms with Crippen LogP contribution in [0.2, 0.25) is 0 Å². The standard InChI is InChI=1S/C25H14Br2F8O/c1-25(2,3)15-9(26)5-7-11(18(30)22(34)20(32)16(7)28)13(15)14-12-8(6-10(27)24(14)36-4)17(29)21(33)23(35)19(12)31/h5-6H,1-4H3. The van der Waals surface area contributed by atoms with Crippen molar-refractivity contribution in [1.29, 1.82) is 0 Å². The third kappa shape index (κ3) is 3.69. The van der Waals surface area contributed by atoms with Crippen molar-refractivity contribution in [3.8, 4) is 16.9 Å². The van der Waals surface area contributed by atoms with Gasteiger partial charge in [-0.05, 0) is 39.0 Å². The van der Waals surface area contributed by atoms with Gasteiger partial charge >= 0.3 is 0 Å². The van der Waals surface area contributed by atoms with Gasteiger partial charge in [0.2, 0.25) is 0 Å². The molecule has 0 saturated heterocycles. The highest BCUT2D eigenvalue weighted by molar-refractivity contribution is 9.10. The molecule has 11 heteroatoms. The minimum atomic E-state index is -2.16. The predicted octanol–water partition coefficient (Wildman–Crippen LogP) is 9.60. The minimum absolute atomic E-state index is 0.0699. The first-order chi connectivity index (χ1) is 16.6. The molecule has 4 rings (SSSR count). The molecule has 0 aliphatic heterocycles. The Kier molecular flexibility index (Phi) is 6.56. The van der Waals surface area contributed by atoms with Crippen molar-refractivity contribution in [2.75, 3.05) is 7.11 Å². The molecular weight excluding hydrogens is 628 g/mol. The van der Waals surface area contributed by atoms with Gasteiger partial charge in [-0.2, -0.15) is 0 Å². The second-order valence-electron chi connectivity index (χ2n) is 8.98. The van der Waals surface area contributed by atoms with Crippen LogP contribution in [0.4, 0.5) is 35.1 Å². The molecule has 0 aliphatic carbocycles. The monoisotopic (exact) mass is 640 g/mol. The van der Waals surface area contributed by atoms with Gasteiger partial charge in [0, 0.05) is 37.1 Å². The Labute approximate surface area is 216 Å². The lowest BCUT2D eigenvalue weighted by molar-refractivity contribution is 0.410. The van der Waals surface area contributed by atoms with Gasteiger partial charge in [-0.15, -0.1) is 0 Å². The van der Waals surface area contributed by atoms with Crippen LogP contribution in [0.5, 0.6) is 5.75 Å². The van der Waals surface area contributed by atoms with E-state index >= 15 is 8.78 Å². The van der Waals surface area contributed by atoms with Crippen LogP contribution in [-0.4, -0.2) is 7.11 Å². The number of hydrogen-bond acceptors (Lipinski definition) is 1. The van der Waals surface area contributed by atoms with Gasteiger partial charge in [0.05, 0.1) is 11.6 Å². The van der Waals surface area contributed by atoms with Crippen LogP contribution in [0, 0.1) is 46.5 Å². The number of rotatable bonds is 2. The molecule has 0 unspecified atom stereocenters. The van der Waals surface area contributed by atoms with Crippen LogP contribution >= 0.6 is 31.9 Å². The average molecular weight is 642 g/mol. The first kappa shape index (κ1) is 26.7. The molecule has 0 N–H and O–H groups in total. The SMILES string of the molecule is COc1c(Br)cc2c(F)c(F)c(F)c(F)c2c1-c1c(C(C)(C)C)c(Br)cc2c(F)c(F)c(F)c(F)c12. The lowest BCUT2D eigenvalue weighted by atomic mass is 9.78. The predicted molar refractivity (Wildman–Crippen MR) is 127 cm³/mol. The van der Waals surface area contributed by atoms with Crippen LogP contribution in [0.3, 0.4) is 0 Å². The van der Waals surface area contributed by atoms with E-state index in [-0.39, 0.29) is 20.3 Å². The zero-order valence-corrected chi connectivity index (χ0v) is 22.0. The minimum Gasteiger partial charge on any atom is -0.495 e. The fourth-order valence-corrected chi connectivity index (χ4v) is 5.96. The van der Waals surface area contributed by atoms with Crippen molar-refractivity contribution < 1.29 is 39.9 Å². The van der Waals surface area contributed by atoms with Crippen molar-refractivity contribution in [2.45, 2.75) is 26.2 Å². The van der Waals surface area contributed by atoms with Gasteiger partial charge in [0.1, 0.15) is 5.75 Å². The molecule has 0 radical (unpaired) electrons. The highest BCUT2D eigenvalue weighted by atomic mass is 79.9. The molecule has 0 heterocycles. The maximum atomic E-state index is 15.4. The summed E-state index contributed by atoms with van der Waals surface area (Å²) in [5.41, 5.74) is -1.84. The van der Waals surface area contributed by atoms with Crippen molar-refractivity contribution >= 4 is 53.4 Å². The van der Waals surface area contributed by atoms with Crippen molar-refractivity contribution in [3.05, 3.63) is 73.2 Å². The molecule has 0 bridgehead atoms. The summed E-state index contributed by atoms with van der Waals surface area (Å²) in [7, 11) is 1.11. The van der Waals surface area contributed by atoms with Gasteiger partial charge in [0.15, 0.2) is 46.5 Å². The quantitative estimate of drug-likeness (QED) is 0.120. The maximum Gasteiger partial charge on any atom is 0.198 e. The Balaban J connectivity index is 2.50. The topological polar surface area (TPSA) is 9.23 Å². The van der Waals surface area contributed by atoms with Crippen LogP contribution in [0.15, 0.2) is 21.1 Å². The zero-order valence-electron chi connectivity index (χ0n) is 18.8. The van der Waals surface area contributed by atoms with Crippen LogP contribution in [0.25, 0.3) is 32.7 Å². The molecule has 4 aromatic carbocycles. The van der Waals surface area contributed by atoms with E-state index in [1.54, 1.807) is 20.8 Å². The zero-order chi connectivity index (χ0) is 27.0. The van der Waals surface area contributed by atoms with E-state index in [1.807, 2.05) is 0 Å². The summed E-state index contributed by atoms with van der Waals surface area (Å²) in [5, 5.41) is -3.20. The highest BCUT2D eigenvalue weighted by Gasteiger charge is 2.34. The molecule has 36 heavy (non-hydrogen) atoms. The Morgan fingerprint density at radius 3 is 1.39 bits per heavy atom. The lowest BCUT2D eigenvalue weighted by Crippen LogP contribution is -2.16. The summed E-state index contributed by atoms with van der Waals surface area (Å²) in [5.74, 6) is -16.0. The molecule has 0 spiro atoms. The number of fused-ring (bicyclic) bond motifs is 2. The molecule has 0 aliphatic rings. The number of hydrogen-bond donors (Lipinski definition) is 0.